The van der Waals surface area contributed by atoms with Crippen molar-refractivity contribution in [2.24, 2.45) is 0 Å². The first-order valence-corrected chi connectivity index (χ1v) is 11.5. The Labute approximate surface area is 172 Å². The van der Waals surface area contributed by atoms with Crippen LogP contribution in [0.25, 0.3) is 10.8 Å². The lowest BCUT2D eigenvalue weighted by Crippen LogP contribution is -2.12. The van der Waals surface area contributed by atoms with E-state index in [4.69, 9.17) is 23.3 Å². The number of phosphoric ester groups is 1. The normalized spacial score (nSPS) is 13.4. The number of unbranched alkanes of at least 4 members (excludes halogenated alkanes) is 2. The molecule has 0 amide bonds. The van der Waals surface area contributed by atoms with Gasteiger partial charge in [-0.05, 0) is 17.9 Å². The minimum absolute atomic E-state index is 0.00819. The molecule has 0 aliphatic carbocycles. The highest BCUT2D eigenvalue weighted by Crippen LogP contribution is 2.43. The molecule has 0 heterocycles. The molecule has 2 aromatic rings. The molecule has 162 valence electrons. The molecule has 1 N–H and O–H groups in total. The number of hydrogen-bond donors (Lipinski definition) is 1. The summed E-state index contributed by atoms with van der Waals surface area (Å²) < 4.78 is 37.9. The number of hydrogen-bond acceptors (Lipinski definition) is 6. The molecule has 1 unspecified atom stereocenters. The monoisotopic (exact) mass is 426 g/mol. The van der Waals surface area contributed by atoms with Crippen LogP contribution in [-0.2, 0) is 23.1 Å². The molecule has 0 aromatic heterocycles. The molecule has 0 aliphatic heterocycles. The largest absolute Gasteiger partial charge is 0.491 e. The van der Waals surface area contributed by atoms with Crippen LogP contribution in [0, 0.1) is 0 Å². The Hall–Kier alpha value is -1.47. The van der Waals surface area contributed by atoms with Gasteiger partial charge in [0, 0.05) is 5.39 Å². The van der Waals surface area contributed by atoms with Crippen molar-refractivity contribution in [2.75, 3.05) is 46.2 Å². The van der Waals surface area contributed by atoms with Crippen molar-refractivity contribution in [3.05, 3.63) is 42.5 Å². The van der Waals surface area contributed by atoms with Gasteiger partial charge in [0.1, 0.15) is 12.4 Å². The van der Waals surface area contributed by atoms with E-state index in [1.807, 2.05) is 49.4 Å². The second kappa shape index (κ2) is 13.7. The summed E-state index contributed by atoms with van der Waals surface area (Å²) in [7, 11) is -3.98. The summed E-state index contributed by atoms with van der Waals surface area (Å²) in [4.78, 5) is 9.49. The Morgan fingerprint density at radius 3 is 2.24 bits per heavy atom. The Balaban J connectivity index is 1.47. The van der Waals surface area contributed by atoms with Gasteiger partial charge in [0.25, 0.3) is 0 Å². The molecular formula is C21H31O7P. The third kappa shape index (κ3) is 9.72. The molecular weight excluding hydrogens is 395 g/mol. The second-order valence-electron chi connectivity index (χ2n) is 6.39. The fourth-order valence-electron chi connectivity index (χ4n) is 2.63. The summed E-state index contributed by atoms with van der Waals surface area (Å²) >= 11 is 0. The van der Waals surface area contributed by atoms with Crippen molar-refractivity contribution in [3.63, 3.8) is 0 Å². The smallest absolute Gasteiger partial charge is 0.472 e. The maximum Gasteiger partial charge on any atom is 0.472 e. The standard InChI is InChI=1S/C21H31O7P/c1-2-3-6-12-27-29(22,23)28-18-16-25-14-13-24-15-17-26-21-11-7-9-19-8-4-5-10-20(19)21/h4-5,7-11H,2-3,6,12-18H2,1H3,(H,22,23). The molecule has 0 saturated carbocycles. The Morgan fingerprint density at radius 1 is 0.793 bits per heavy atom. The van der Waals surface area contributed by atoms with Gasteiger partial charge in [-0.25, -0.2) is 4.57 Å². The van der Waals surface area contributed by atoms with Crippen molar-refractivity contribution in [3.8, 4) is 5.75 Å². The number of fused-ring (bicyclic) bond motifs is 1. The number of phosphoric acid groups is 1. The molecule has 8 heteroatoms. The van der Waals surface area contributed by atoms with Crippen molar-refractivity contribution in [1.29, 1.82) is 0 Å². The minimum Gasteiger partial charge on any atom is -0.491 e. The number of rotatable bonds is 16. The van der Waals surface area contributed by atoms with Crippen LogP contribution in [0.4, 0.5) is 0 Å². The van der Waals surface area contributed by atoms with E-state index < -0.39 is 7.82 Å². The van der Waals surface area contributed by atoms with Crippen LogP contribution in [0.5, 0.6) is 5.75 Å². The second-order valence-corrected chi connectivity index (χ2v) is 7.85. The summed E-state index contributed by atoms with van der Waals surface area (Å²) in [5.74, 6) is 0.838. The van der Waals surface area contributed by atoms with E-state index >= 15 is 0 Å². The van der Waals surface area contributed by atoms with Gasteiger partial charge in [0.05, 0.1) is 39.6 Å². The summed E-state index contributed by atoms with van der Waals surface area (Å²) in [6.45, 7) is 4.12. The number of ether oxygens (including phenoxy) is 3. The van der Waals surface area contributed by atoms with E-state index in [9.17, 15) is 9.46 Å². The molecule has 2 rings (SSSR count). The highest BCUT2D eigenvalue weighted by molar-refractivity contribution is 7.47. The van der Waals surface area contributed by atoms with E-state index in [2.05, 4.69) is 0 Å². The lowest BCUT2D eigenvalue weighted by molar-refractivity contribution is 0.0225. The lowest BCUT2D eigenvalue weighted by Gasteiger charge is -2.12. The van der Waals surface area contributed by atoms with Gasteiger partial charge in [-0.2, -0.15) is 0 Å². The summed E-state index contributed by atoms with van der Waals surface area (Å²) in [5, 5.41) is 2.22. The topological polar surface area (TPSA) is 83.5 Å². The third-order valence-electron chi connectivity index (χ3n) is 4.09. The van der Waals surface area contributed by atoms with E-state index in [1.54, 1.807) is 0 Å². The first-order valence-electron chi connectivity index (χ1n) is 10.0. The van der Waals surface area contributed by atoms with E-state index in [-0.39, 0.29) is 19.8 Å². The highest BCUT2D eigenvalue weighted by atomic mass is 31.2. The fraction of sp³-hybridized carbons (Fsp3) is 0.524. The molecule has 0 aliphatic rings. The average molecular weight is 426 g/mol. The Kier molecular flexibility index (Phi) is 11.2. The maximum atomic E-state index is 11.6. The van der Waals surface area contributed by atoms with Crippen molar-refractivity contribution in [2.45, 2.75) is 26.2 Å². The van der Waals surface area contributed by atoms with Gasteiger partial charge in [-0.15, -0.1) is 0 Å². The first-order chi connectivity index (χ1) is 14.1. The molecule has 0 bridgehead atoms. The molecule has 2 aromatic carbocycles. The minimum atomic E-state index is -3.98. The van der Waals surface area contributed by atoms with Crippen LogP contribution < -0.4 is 4.74 Å². The van der Waals surface area contributed by atoms with Crippen molar-refractivity contribution >= 4 is 18.6 Å². The molecule has 0 saturated heterocycles. The highest BCUT2D eigenvalue weighted by Gasteiger charge is 2.19. The van der Waals surface area contributed by atoms with Crippen molar-refractivity contribution in [1.82, 2.24) is 0 Å². The zero-order valence-electron chi connectivity index (χ0n) is 17.0. The van der Waals surface area contributed by atoms with Crippen molar-refractivity contribution < 1.29 is 32.7 Å². The predicted molar refractivity (Wildman–Crippen MR) is 112 cm³/mol. The van der Waals surface area contributed by atoms with Crippen LogP contribution >= 0.6 is 7.82 Å². The summed E-state index contributed by atoms with van der Waals surface area (Å²) in [6, 6.07) is 14.0. The van der Waals surface area contributed by atoms with Crippen LogP contribution in [0.15, 0.2) is 42.5 Å². The van der Waals surface area contributed by atoms with E-state index in [0.717, 1.165) is 35.8 Å². The third-order valence-corrected chi connectivity index (χ3v) is 5.11. The van der Waals surface area contributed by atoms with Gasteiger partial charge >= 0.3 is 7.82 Å². The summed E-state index contributed by atoms with van der Waals surface area (Å²) in [6.07, 6.45) is 2.71. The van der Waals surface area contributed by atoms with Gasteiger partial charge in [0.2, 0.25) is 0 Å². The van der Waals surface area contributed by atoms with Gasteiger partial charge in [-0.3, -0.25) is 9.05 Å². The van der Waals surface area contributed by atoms with Gasteiger partial charge in [-0.1, -0.05) is 56.2 Å². The zero-order chi connectivity index (χ0) is 20.8. The SMILES string of the molecule is CCCCCOP(=O)(O)OCCOCCOCCOc1cccc2ccccc12. The van der Waals surface area contributed by atoms with Crippen LogP contribution in [0.2, 0.25) is 0 Å². The zero-order valence-corrected chi connectivity index (χ0v) is 17.9. The quantitative estimate of drug-likeness (QED) is 0.311. The van der Waals surface area contributed by atoms with Gasteiger partial charge in [0.15, 0.2) is 0 Å². The van der Waals surface area contributed by atoms with Crippen LogP contribution in [-0.4, -0.2) is 51.1 Å². The summed E-state index contributed by atoms with van der Waals surface area (Å²) in [5.41, 5.74) is 0. The molecule has 0 spiro atoms. The fourth-order valence-corrected chi connectivity index (χ4v) is 3.37. The lowest BCUT2D eigenvalue weighted by atomic mass is 10.1. The molecule has 0 radical (unpaired) electrons. The predicted octanol–water partition coefficient (Wildman–Crippen LogP) is 4.58. The van der Waals surface area contributed by atoms with Crippen LogP contribution in [0.3, 0.4) is 0 Å². The molecule has 7 nitrogen and oxygen atoms in total. The Bertz CT molecular complexity index is 747. The molecule has 29 heavy (non-hydrogen) atoms. The number of benzene rings is 2. The van der Waals surface area contributed by atoms with Crippen LogP contribution in [0.1, 0.15) is 26.2 Å². The van der Waals surface area contributed by atoms with E-state index in [1.165, 1.54) is 0 Å². The van der Waals surface area contributed by atoms with E-state index in [0.29, 0.717) is 26.4 Å². The Morgan fingerprint density at radius 2 is 1.45 bits per heavy atom. The average Bonchev–Trinajstić information content (AvgIpc) is 2.72. The molecule has 1 atom stereocenters. The van der Waals surface area contributed by atoms with Gasteiger partial charge < -0.3 is 19.1 Å². The molecule has 0 fully saturated rings. The maximum absolute atomic E-state index is 11.6. The first kappa shape index (κ1) is 23.8.